The van der Waals surface area contributed by atoms with Crippen LogP contribution < -0.4 is 0 Å². The number of hydrogen-bond donors (Lipinski definition) is 2. The van der Waals surface area contributed by atoms with Gasteiger partial charge in [-0.1, -0.05) is 67.6 Å². The largest absolute Gasteiger partial charge is 0.508 e. The van der Waals surface area contributed by atoms with Crippen molar-refractivity contribution in [2.75, 3.05) is 6.61 Å². The van der Waals surface area contributed by atoms with Crippen LogP contribution >= 0.6 is 0 Å². The van der Waals surface area contributed by atoms with Crippen molar-refractivity contribution in [3.05, 3.63) is 95.0 Å². The van der Waals surface area contributed by atoms with E-state index in [2.05, 4.69) is 24.3 Å². The number of rotatable bonds is 7. The highest BCUT2D eigenvalue weighted by Crippen LogP contribution is 2.48. The van der Waals surface area contributed by atoms with Crippen LogP contribution in [0.5, 0.6) is 0 Å². The van der Waals surface area contributed by atoms with Gasteiger partial charge in [-0.15, -0.1) is 0 Å². The maximum absolute atomic E-state index is 10.9. The predicted octanol–water partition coefficient (Wildman–Crippen LogP) is 5.67. The highest BCUT2D eigenvalue weighted by molar-refractivity contribution is 5.38. The van der Waals surface area contributed by atoms with E-state index in [4.69, 9.17) is 4.74 Å². The van der Waals surface area contributed by atoms with Crippen molar-refractivity contribution in [3.8, 4) is 0 Å². The molecule has 2 aromatic carbocycles. The first-order valence-corrected chi connectivity index (χ1v) is 10.2. The summed E-state index contributed by atoms with van der Waals surface area (Å²) in [6.07, 6.45) is 4.20. The van der Waals surface area contributed by atoms with Gasteiger partial charge >= 0.3 is 0 Å². The van der Waals surface area contributed by atoms with Gasteiger partial charge in [0.2, 0.25) is 0 Å². The Morgan fingerprint density at radius 3 is 2.11 bits per heavy atom. The number of aliphatic hydroxyl groups is 2. The Bertz CT molecular complexity index is 850. The Morgan fingerprint density at radius 1 is 0.964 bits per heavy atom. The summed E-state index contributed by atoms with van der Waals surface area (Å²) in [4.78, 5) is 0. The molecule has 1 saturated carbocycles. The summed E-state index contributed by atoms with van der Waals surface area (Å²) in [5.74, 6) is 1.58. The minimum absolute atomic E-state index is 0.179. The topological polar surface area (TPSA) is 49.7 Å². The van der Waals surface area contributed by atoms with Gasteiger partial charge in [0.25, 0.3) is 0 Å². The highest BCUT2D eigenvalue weighted by Gasteiger charge is 2.38. The van der Waals surface area contributed by atoms with Crippen LogP contribution in [0.3, 0.4) is 0 Å². The van der Waals surface area contributed by atoms with E-state index in [1.54, 1.807) is 6.08 Å². The Morgan fingerprint density at radius 2 is 1.57 bits per heavy atom. The van der Waals surface area contributed by atoms with Crippen molar-refractivity contribution in [1.29, 1.82) is 0 Å². The van der Waals surface area contributed by atoms with Gasteiger partial charge < -0.3 is 14.9 Å². The van der Waals surface area contributed by atoms with Crippen LogP contribution in [0, 0.1) is 11.8 Å². The molecule has 2 aromatic rings. The first kappa shape index (κ1) is 18.8. The number of allylic oxidation sites excluding steroid dienone is 1. The van der Waals surface area contributed by atoms with Gasteiger partial charge in [-0.25, -0.2) is 0 Å². The lowest BCUT2D eigenvalue weighted by Gasteiger charge is -2.30. The lowest BCUT2D eigenvalue weighted by molar-refractivity contribution is 0.0746. The third kappa shape index (κ3) is 3.85. The molecule has 1 aliphatic heterocycles. The molecular formula is C25H28O3. The average Bonchev–Trinajstić information content (AvgIpc) is 3.57. The number of hydrogen-bond acceptors (Lipinski definition) is 3. The van der Waals surface area contributed by atoms with Crippen molar-refractivity contribution in [3.63, 3.8) is 0 Å². The van der Waals surface area contributed by atoms with Gasteiger partial charge in [0, 0.05) is 23.5 Å². The summed E-state index contributed by atoms with van der Waals surface area (Å²) in [7, 11) is 0. The highest BCUT2D eigenvalue weighted by atomic mass is 16.5. The van der Waals surface area contributed by atoms with E-state index in [0.29, 0.717) is 24.0 Å². The van der Waals surface area contributed by atoms with Crippen molar-refractivity contribution in [2.24, 2.45) is 11.8 Å². The van der Waals surface area contributed by atoms with Gasteiger partial charge in [0.1, 0.15) is 18.1 Å². The fraction of sp³-hybridized carbons (Fsp3) is 0.360. The number of benzene rings is 2. The van der Waals surface area contributed by atoms with E-state index in [0.717, 1.165) is 17.6 Å². The lowest BCUT2D eigenvalue weighted by atomic mass is 9.84. The van der Waals surface area contributed by atoms with Crippen molar-refractivity contribution < 1.29 is 14.9 Å². The molecule has 0 saturated heterocycles. The van der Waals surface area contributed by atoms with Crippen molar-refractivity contribution in [1.82, 2.24) is 0 Å². The second-order valence-corrected chi connectivity index (χ2v) is 7.84. The smallest absolute Gasteiger partial charge is 0.122 e. The molecule has 0 aromatic heterocycles. The molecule has 3 nitrogen and oxygen atoms in total. The molecule has 3 atom stereocenters. The third-order valence-electron chi connectivity index (χ3n) is 5.96. The molecule has 0 spiro atoms. The van der Waals surface area contributed by atoms with Crippen LogP contribution in [0.4, 0.5) is 0 Å². The van der Waals surface area contributed by atoms with Gasteiger partial charge in [-0.05, 0) is 36.3 Å². The fourth-order valence-corrected chi connectivity index (χ4v) is 4.28. The average molecular weight is 376 g/mol. The summed E-state index contributed by atoms with van der Waals surface area (Å²) >= 11 is 0. The van der Waals surface area contributed by atoms with Gasteiger partial charge in [0.05, 0.1) is 6.10 Å². The summed E-state index contributed by atoms with van der Waals surface area (Å²) in [5.41, 5.74) is 3.07. The number of ether oxygens (including phenoxy) is 1. The predicted molar refractivity (Wildman–Crippen MR) is 111 cm³/mol. The minimum Gasteiger partial charge on any atom is -0.508 e. The molecule has 28 heavy (non-hydrogen) atoms. The maximum Gasteiger partial charge on any atom is 0.122 e. The van der Waals surface area contributed by atoms with E-state index in [-0.39, 0.29) is 11.8 Å². The zero-order valence-electron chi connectivity index (χ0n) is 16.3. The summed E-state index contributed by atoms with van der Waals surface area (Å²) < 4.78 is 6.12. The Kier molecular flexibility index (Phi) is 5.54. The minimum atomic E-state index is -0.653. The van der Waals surface area contributed by atoms with Crippen molar-refractivity contribution in [2.45, 2.75) is 38.2 Å². The normalized spacial score (nSPS) is 20.1. The zero-order valence-corrected chi connectivity index (χ0v) is 16.3. The van der Waals surface area contributed by atoms with Crippen LogP contribution in [-0.4, -0.2) is 16.8 Å². The first-order valence-electron chi connectivity index (χ1n) is 10.2. The van der Waals surface area contributed by atoms with Crippen LogP contribution in [0.15, 0.2) is 83.8 Å². The molecule has 2 aliphatic rings. The first-order chi connectivity index (χ1) is 13.7. The maximum atomic E-state index is 10.9. The van der Waals surface area contributed by atoms with Crippen LogP contribution in [0.2, 0.25) is 0 Å². The summed E-state index contributed by atoms with van der Waals surface area (Å²) in [5, 5.41) is 21.7. The Balaban J connectivity index is 1.62. The Hall–Kier alpha value is -2.52. The molecule has 4 rings (SSSR count). The monoisotopic (exact) mass is 376 g/mol. The number of aliphatic hydroxyl groups excluding tert-OH is 2. The molecule has 146 valence electrons. The van der Waals surface area contributed by atoms with Crippen LogP contribution in [-0.2, 0) is 4.74 Å². The zero-order chi connectivity index (χ0) is 19.5. The molecule has 1 aliphatic carbocycles. The standard InChI is InChI=1S/C25H28O3/c1-2-20(25(27)19-11-7-4-8-12-19)23-15-22(26)21(16-28-23)24(18-13-14-18)17-9-5-3-6-10-17/h3-12,15,18,20,24-27H,2,13-14,16H2,1H3/t20-,24+,25+/m0/s1. The van der Waals surface area contributed by atoms with Gasteiger partial charge in [-0.2, -0.15) is 0 Å². The van der Waals surface area contributed by atoms with Crippen LogP contribution in [0.1, 0.15) is 49.3 Å². The van der Waals surface area contributed by atoms with E-state index in [1.165, 1.54) is 18.4 Å². The van der Waals surface area contributed by atoms with E-state index < -0.39 is 6.10 Å². The van der Waals surface area contributed by atoms with E-state index in [1.807, 2.05) is 43.3 Å². The molecule has 0 bridgehead atoms. The lowest BCUT2D eigenvalue weighted by Crippen LogP contribution is -2.22. The summed E-state index contributed by atoms with van der Waals surface area (Å²) in [6.45, 7) is 2.42. The van der Waals surface area contributed by atoms with E-state index >= 15 is 0 Å². The second kappa shape index (κ2) is 8.24. The van der Waals surface area contributed by atoms with E-state index in [9.17, 15) is 10.2 Å². The fourth-order valence-electron chi connectivity index (χ4n) is 4.28. The van der Waals surface area contributed by atoms with Gasteiger partial charge in [0.15, 0.2) is 0 Å². The SMILES string of the molecule is CC[C@@H](C1=CC(O)=C([C@H](c2ccccc2)C2CC2)CO1)[C@H](O)c1ccccc1. The molecule has 2 N–H and O–H groups in total. The molecular weight excluding hydrogens is 348 g/mol. The quantitative estimate of drug-likeness (QED) is 0.655. The Labute approximate surface area is 167 Å². The molecule has 0 radical (unpaired) electrons. The van der Waals surface area contributed by atoms with Gasteiger partial charge in [-0.3, -0.25) is 0 Å². The van der Waals surface area contributed by atoms with Crippen molar-refractivity contribution >= 4 is 0 Å². The second-order valence-electron chi connectivity index (χ2n) is 7.84. The third-order valence-corrected chi connectivity index (χ3v) is 5.96. The molecule has 0 amide bonds. The molecule has 1 fully saturated rings. The molecule has 3 heteroatoms. The summed E-state index contributed by atoms with van der Waals surface area (Å²) in [6, 6.07) is 20.0. The van der Waals surface area contributed by atoms with Crippen LogP contribution in [0.25, 0.3) is 0 Å². The molecule has 1 heterocycles. The molecule has 0 unspecified atom stereocenters.